The molecule has 0 unspecified atom stereocenters. The summed E-state index contributed by atoms with van der Waals surface area (Å²) in [6.07, 6.45) is 1.81. The molecule has 0 amide bonds. The van der Waals surface area contributed by atoms with Gasteiger partial charge >= 0.3 is 5.97 Å². The minimum Gasteiger partial charge on any atom is -0.493 e. The molecule has 3 aliphatic rings. The number of benzene rings is 3. The van der Waals surface area contributed by atoms with Gasteiger partial charge in [0, 0.05) is 28.7 Å². The van der Waals surface area contributed by atoms with Crippen molar-refractivity contribution in [2.45, 2.75) is 64.2 Å². The first-order valence-corrected chi connectivity index (χ1v) is 13.2. The summed E-state index contributed by atoms with van der Waals surface area (Å²) in [5.41, 5.74) is 11.6. The van der Waals surface area contributed by atoms with Crippen LogP contribution in [-0.4, -0.2) is 19.2 Å². The summed E-state index contributed by atoms with van der Waals surface area (Å²) in [6, 6.07) is 18.1. The average Bonchev–Trinajstić information content (AvgIpc) is 2.87. The van der Waals surface area contributed by atoms with Crippen molar-refractivity contribution in [1.29, 1.82) is 0 Å². The second-order valence-electron chi connectivity index (χ2n) is 12.1. The SMILES string of the molecule is C=CC(=O)OCCCOc1cc2c3c(c1)C(C)(C)c1cccc4c1N3c1c(cccc1C2(C)C)C4(C)C. The van der Waals surface area contributed by atoms with Crippen molar-refractivity contribution in [2.75, 3.05) is 18.1 Å². The monoisotopic (exact) mass is 493 g/mol. The van der Waals surface area contributed by atoms with Crippen LogP contribution in [0, 0.1) is 0 Å². The molecule has 0 saturated heterocycles. The first kappa shape index (κ1) is 23.8. The highest BCUT2D eigenvalue weighted by Gasteiger charge is 2.51. The molecule has 190 valence electrons. The maximum atomic E-state index is 11.4. The van der Waals surface area contributed by atoms with Gasteiger partial charge in [0.05, 0.1) is 30.3 Å². The van der Waals surface area contributed by atoms with Crippen LogP contribution in [0.5, 0.6) is 5.75 Å². The van der Waals surface area contributed by atoms with E-state index >= 15 is 0 Å². The lowest BCUT2D eigenvalue weighted by molar-refractivity contribution is -0.137. The zero-order valence-electron chi connectivity index (χ0n) is 22.7. The standard InChI is InChI=1S/C33H35NO3/c1-8-27(35)37-17-11-16-36-20-18-25-30-26(19-20)33(6,7)24-15-10-13-22-29(24)34(30)28-21(31(22,2)3)12-9-14-23(28)32(25,4)5/h8-10,12-15,18-19H,1,11,16-17H2,2-7H3. The molecule has 0 spiro atoms. The number of carbonyl (C=O) groups is 1. The number of hydrogen-bond acceptors (Lipinski definition) is 4. The van der Waals surface area contributed by atoms with Gasteiger partial charge in [0.25, 0.3) is 0 Å². The molecule has 0 aliphatic carbocycles. The fourth-order valence-electron chi connectivity index (χ4n) is 6.72. The van der Waals surface area contributed by atoms with Crippen molar-refractivity contribution < 1.29 is 14.3 Å². The highest BCUT2D eigenvalue weighted by atomic mass is 16.5. The molecule has 37 heavy (non-hydrogen) atoms. The fourth-order valence-corrected chi connectivity index (χ4v) is 6.72. The van der Waals surface area contributed by atoms with Crippen LogP contribution < -0.4 is 9.64 Å². The van der Waals surface area contributed by atoms with E-state index in [-0.39, 0.29) is 16.2 Å². The summed E-state index contributed by atoms with van der Waals surface area (Å²) in [4.78, 5) is 13.9. The van der Waals surface area contributed by atoms with Gasteiger partial charge in [0.2, 0.25) is 0 Å². The van der Waals surface area contributed by atoms with Crippen molar-refractivity contribution in [3.63, 3.8) is 0 Å². The Balaban J connectivity index is 1.53. The number of hydrogen-bond donors (Lipinski definition) is 0. The Morgan fingerprint density at radius 3 is 1.65 bits per heavy atom. The molecule has 3 aromatic rings. The average molecular weight is 494 g/mol. The van der Waals surface area contributed by atoms with Crippen molar-refractivity contribution in [2.24, 2.45) is 0 Å². The van der Waals surface area contributed by atoms with E-state index in [1.807, 2.05) is 0 Å². The zero-order chi connectivity index (χ0) is 26.3. The molecule has 3 aliphatic heterocycles. The third kappa shape index (κ3) is 3.11. The lowest BCUT2D eigenvalue weighted by atomic mass is 9.61. The van der Waals surface area contributed by atoms with Crippen LogP contribution in [0.15, 0.2) is 61.2 Å². The fraction of sp³-hybridized carbons (Fsp3) is 0.364. The molecule has 3 heterocycles. The Kier molecular flexibility index (Phi) is 4.99. The number of para-hydroxylation sites is 2. The predicted octanol–water partition coefficient (Wildman–Crippen LogP) is 7.57. The Bertz CT molecular complexity index is 1390. The molecule has 0 radical (unpaired) electrons. The number of anilines is 3. The summed E-state index contributed by atoms with van der Waals surface area (Å²) in [7, 11) is 0. The summed E-state index contributed by atoms with van der Waals surface area (Å²) in [5.74, 6) is 0.462. The van der Waals surface area contributed by atoms with Gasteiger partial charge in [-0.1, -0.05) is 84.5 Å². The predicted molar refractivity (Wildman–Crippen MR) is 149 cm³/mol. The summed E-state index contributed by atoms with van der Waals surface area (Å²) in [5, 5.41) is 0. The normalized spacial score (nSPS) is 18.1. The van der Waals surface area contributed by atoms with E-state index < -0.39 is 5.97 Å². The van der Waals surface area contributed by atoms with Crippen molar-refractivity contribution in [3.05, 3.63) is 94.6 Å². The zero-order valence-corrected chi connectivity index (χ0v) is 22.7. The number of nitrogens with zero attached hydrogens (tertiary/aromatic N) is 1. The maximum absolute atomic E-state index is 11.4. The minimum atomic E-state index is -0.400. The van der Waals surface area contributed by atoms with Crippen molar-refractivity contribution in [3.8, 4) is 5.75 Å². The van der Waals surface area contributed by atoms with E-state index in [1.54, 1.807) is 0 Å². The molecular formula is C33H35NO3. The molecule has 0 bridgehead atoms. The smallest absolute Gasteiger partial charge is 0.330 e. The third-order valence-corrected chi connectivity index (χ3v) is 8.83. The van der Waals surface area contributed by atoms with Crippen LogP contribution in [0.3, 0.4) is 0 Å². The molecule has 3 aromatic carbocycles. The van der Waals surface area contributed by atoms with Crippen molar-refractivity contribution in [1.82, 2.24) is 0 Å². The Labute approximate surface area is 219 Å². The lowest BCUT2D eigenvalue weighted by Crippen LogP contribution is -2.43. The Hall–Kier alpha value is -3.53. The van der Waals surface area contributed by atoms with Gasteiger partial charge in [-0.05, 0) is 45.5 Å². The van der Waals surface area contributed by atoms with E-state index in [9.17, 15) is 4.79 Å². The largest absolute Gasteiger partial charge is 0.493 e. The van der Waals surface area contributed by atoms with Crippen LogP contribution in [0.4, 0.5) is 17.1 Å². The number of ether oxygens (including phenoxy) is 2. The number of carbonyl (C=O) groups excluding carboxylic acids is 1. The van der Waals surface area contributed by atoms with Crippen LogP contribution in [0.2, 0.25) is 0 Å². The van der Waals surface area contributed by atoms with E-state index in [0.717, 1.165) is 5.75 Å². The van der Waals surface area contributed by atoms with Crippen LogP contribution >= 0.6 is 0 Å². The summed E-state index contributed by atoms with van der Waals surface area (Å²) >= 11 is 0. The highest BCUT2D eigenvalue weighted by Crippen LogP contribution is 2.66. The van der Waals surface area contributed by atoms with E-state index in [1.165, 1.54) is 56.5 Å². The van der Waals surface area contributed by atoms with E-state index in [4.69, 9.17) is 9.47 Å². The van der Waals surface area contributed by atoms with Crippen molar-refractivity contribution >= 4 is 23.0 Å². The number of esters is 1. The van der Waals surface area contributed by atoms with Gasteiger partial charge in [0.1, 0.15) is 5.75 Å². The van der Waals surface area contributed by atoms with Gasteiger partial charge < -0.3 is 14.4 Å². The second kappa shape index (κ2) is 7.74. The van der Waals surface area contributed by atoms with Gasteiger partial charge in [-0.15, -0.1) is 0 Å². The van der Waals surface area contributed by atoms with Crippen LogP contribution in [0.1, 0.15) is 81.3 Å². The molecule has 0 N–H and O–H groups in total. The first-order chi connectivity index (χ1) is 17.5. The van der Waals surface area contributed by atoms with Gasteiger partial charge in [-0.25, -0.2) is 4.79 Å². The van der Waals surface area contributed by atoms with Gasteiger partial charge in [-0.2, -0.15) is 0 Å². The molecule has 6 rings (SSSR count). The third-order valence-electron chi connectivity index (χ3n) is 8.83. The van der Waals surface area contributed by atoms with Gasteiger partial charge in [0.15, 0.2) is 0 Å². The topological polar surface area (TPSA) is 38.8 Å². The molecule has 0 aromatic heterocycles. The molecule has 0 fully saturated rings. The molecular weight excluding hydrogens is 458 g/mol. The van der Waals surface area contributed by atoms with Gasteiger partial charge in [-0.3, -0.25) is 0 Å². The molecule has 4 nitrogen and oxygen atoms in total. The van der Waals surface area contributed by atoms with Crippen LogP contribution in [-0.2, 0) is 25.8 Å². The van der Waals surface area contributed by atoms with E-state index in [2.05, 4.69) is 102 Å². The molecule has 4 heteroatoms. The quantitative estimate of drug-likeness (QED) is 0.202. The maximum Gasteiger partial charge on any atom is 0.330 e. The number of rotatable bonds is 6. The van der Waals surface area contributed by atoms with Crippen LogP contribution in [0.25, 0.3) is 0 Å². The minimum absolute atomic E-state index is 0.0908. The first-order valence-electron chi connectivity index (χ1n) is 13.2. The second-order valence-corrected chi connectivity index (χ2v) is 12.1. The summed E-state index contributed by atoms with van der Waals surface area (Å²) in [6.45, 7) is 18.3. The Morgan fingerprint density at radius 2 is 1.19 bits per heavy atom. The Morgan fingerprint density at radius 1 is 0.757 bits per heavy atom. The summed E-state index contributed by atoms with van der Waals surface area (Å²) < 4.78 is 11.4. The molecule has 0 saturated carbocycles. The molecule has 0 atom stereocenters. The lowest BCUT2D eigenvalue weighted by Gasteiger charge is -2.55. The van der Waals surface area contributed by atoms with E-state index in [0.29, 0.717) is 19.6 Å². The highest BCUT2D eigenvalue weighted by molar-refractivity contribution is 5.98.